The van der Waals surface area contributed by atoms with E-state index in [9.17, 15) is 9.90 Å². The molecule has 2 heterocycles. The molecule has 0 radical (unpaired) electrons. The van der Waals surface area contributed by atoms with Crippen LogP contribution in [0, 0.1) is 0 Å². The SMILES string of the molecule is CCc1ccc(C(c2cccc(OC)c2)N2CCCC2C(=O)O)s1. The van der Waals surface area contributed by atoms with Gasteiger partial charge in [0.15, 0.2) is 0 Å². The van der Waals surface area contributed by atoms with Gasteiger partial charge in [-0.3, -0.25) is 9.69 Å². The van der Waals surface area contributed by atoms with E-state index in [1.807, 2.05) is 18.2 Å². The number of nitrogens with zero attached hydrogens (tertiary/aromatic N) is 1. The van der Waals surface area contributed by atoms with Gasteiger partial charge in [-0.05, 0) is 49.1 Å². The van der Waals surface area contributed by atoms with Crippen molar-refractivity contribution in [1.29, 1.82) is 0 Å². The van der Waals surface area contributed by atoms with E-state index in [2.05, 4.69) is 30.0 Å². The highest BCUT2D eigenvalue weighted by Crippen LogP contribution is 2.39. The van der Waals surface area contributed by atoms with Crippen LogP contribution >= 0.6 is 11.3 Å². The van der Waals surface area contributed by atoms with Crippen LogP contribution in [0.25, 0.3) is 0 Å². The van der Waals surface area contributed by atoms with E-state index in [0.717, 1.165) is 30.7 Å². The Morgan fingerprint density at radius 3 is 2.92 bits per heavy atom. The smallest absolute Gasteiger partial charge is 0.320 e. The Balaban J connectivity index is 2.04. The molecule has 2 atom stereocenters. The van der Waals surface area contributed by atoms with Crippen molar-refractivity contribution in [2.45, 2.75) is 38.3 Å². The van der Waals surface area contributed by atoms with Crippen LogP contribution in [-0.4, -0.2) is 35.7 Å². The maximum atomic E-state index is 11.7. The van der Waals surface area contributed by atoms with Gasteiger partial charge in [0.25, 0.3) is 0 Å². The number of hydrogen-bond donors (Lipinski definition) is 1. The Hall–Kier alpha value is -1.85. The van der Waals surface area contributed by atoms with E-state index in [1.165, 1.54) is 9.75 Å². The highest BCUT2D eigenvalue weighted by molar-refractivity contribution is 7.12. The monoisotopic (exact) mass is 345 g/mol. The van der Waals surface area contributed by atoms with Crippen molar-refractivity contribution in [2.24, 2.45) is 0 Å². The first kappa shape index (κ1) is 17.0. The van der Waals surface area contributed by atoms with E-state index >= 15 is 0 Å². The van der Waals surface area contributed by atoms with Gasteiger partial charge in [0.1, 0.15) is 11.8 Å². The minimum atomic E-state index is -0.729. The Morgan fingerprint density at radius 1 is 1.42 bits per heavy atom. The zero-order valence-corrected chi connectivity index (χ0v) is 14.9. The predicted molar refractivity (Wildman–Crippen MR) is 95.9 cm³/mol. The van der Waals surface area contributed by atoms with Crippen molar-refractivity contribution in [2.75, 3.05) is 13.7 Å². The summed E-state index contributed by atoms with van der Waals surface area (Å²) in [6, 6.07) is 11.8. The molecular formula is C19H23NO3S. The Labute approximate surface area is 146 Å². The molecule has 0 amide bonds. The number of methoxy groups -OCH3 is 1. The first-order valence-electron chi connectivity index (χ1n) is 8.35. The summed E-state index contributed by atoms with van der Waals surface area (Å²) in [5.41, 5.74) is 1.09. The lowest BCUT2D eigenvalue weighted by atomic mass is 10.0. The van der Waals surface area contributed by atoms with Gasteiger partial charge < -0.3 is 9.84 Å². The fraction of sp³-hybridized carbons (Fsp3) is 0.421. The summed E-state index contributed by atoms with van der Waals surface area (Å²) < 4.78 is 5.37. The van der Waals surface area contributed by atoms with Gasteiger partial charge in [0.05, 0.1) is 13.2 Å². The molecular weight excluding hydrogens is 322 g/mol. The number of hydrogen-bond acceptors (Lipinski definition) is 4. The second kappa shape index (κ2) is 7.36. The third-order valence-electron chi connectivity index (χ3n) is 4.62. The maximum Gasteiger partial charge on any atom is 0.320 e. The summed E-state index contributed by atoms with van der Waals surface area (Å²) in [7, 11) is 1.66. The van der Waals surface area contributed by atoms with Crippen molar-refractivity contribution in [3.8, 4) is 5.75 Å². The molecule has 1 N–H and O–H groups in total. The largest absolute Gasteiger partial charge is 0.497 e. The second-order valence-corrected chi connectivity index (χ2v) is 7.27. The molecule has 2 aromatic rings. The zero-order valence-electron chi connectivity index (χ0n) is 14.1. The number of ether oxygens (including phenoxy) is 1. The average molecular weight is 345 g/mol. The molecule has 3 rings (SSSR count). The van der Waals surface area contributed by atoms with Crippen LogP contribution in [0.1, 0.15) is 41.1 Å². The van der Waals surface area contributed by atoms with Crippen LogP contribution in [-0.2, 0) is 11.2 Å². The molecule has 1 aliphatic rings. The fourth-order valence-corrected chi connectivity index (χ4v) is 4.53. The number of aryl methyl sites for hydroxylation is 1. The molecule has 1 aromatic carbocycles. The van der Waals surface area contributed by atoms with Gasteiger partial charge in [0, 0.05) is 16.3 Å². The summed E-state index contributed by atoms with van der Waals surface area (Å²) in [4.78, 5) is 16.4. The third-order valence-corrected chi connectivity index (χ3v) is 5.90. The molecule has 1 aliphatic heterocycles. The fourth-order valence-electron chi connectivity index (χ4n) is 3.43. The van der Waals surface area contributed by atoms with Gasteiger partial charge in [-0.2, -0.15) is 0 Å². The lowest BCUT2D eigenvalue weighted by Crippen LogP contribution is -2.39. The third kappa shape index (κ3) is 3.32. The molecule has 1 fully saturated rings. The van der Waals surface area contributed by atoms with Gasteiger partial charge in [-0.1, -0.05) is 19.1 Å². The number of rotatable bonds is 6. The molecule has 4 nitrogen and oxygen atoms in total. The molecule has 24 heavy (non-hydrogen) atoms. The predicted octanol–water partition coefficient (Wildman–Crippen LogP) is 3.96. The van der Waals surface area contributed by atoms with Crippen molar-refractivity contribution in [3.63, 3.8) is 0 Å². The average Bonchev–Trinajstić information content (AvgIpc) is 3.25. The van der Waals surface area contributed by atoms with E-state index in [-0.39, 0.29) is 6.04 Å². The topological polar surface area (TPSA) is 49.8 Å². The Kier molecular flexibility index (Phi) is 5.21. The molecule has 2 unspecified atom stereocenters. The van der Waals surface area contributed by atoms with Crippen LogP contribution in [0.5, 0.6) is 5.75 Å². The summed E-state index contributed by atoms with van der Waals surface area (Å²) >= 11 is 1.77. The molecule has 1 saturated heterocycles. The lowest BCUT2D eigenvalue weighted by molar-refractivity contribution is -0.142. The Bertz CT molecular complexity index is 712. The normalized spacial score (nSPS) is 19.3. The van der Waals surface area contributed by atoms with Crippen LogP contribution in [0.2, 0.25) is 0 Å². The van der Waals surface area contributed by atoms with Gasteiger partial charge in [-0.25, -0.2) is 0 Å². The number of likely N-dealkylation sites (tertiary alicyclic amines) is 1. The van der Waals surface area contributed by atoms with Crippen LogP contribution < -0.4 is 4.74 Å². The van der Waals surface area contributed by atoms with E-state index in [4.69, 9.17) is 4.74 Å². The van der Waals surface area contributed by atoms with E-state index in [1.54, 1.807) is 18.4 Å². The minimum Gasteiger partial charge on any atom is -0.497 e. The van der Waals surface area contributed by atoms with E-state index in [0.29, 0.717) is 6.42 Å². The van der Waals surface area contributed by atoms with Crippen molar-refractivity contribution < 1.29 is 14.6 Å². The summed E-state index contributed by atoms with van der Waals surface area (Å²) in [5.74, 6) is 0.0727. The molecule has 0 aliphatic carbocycles. The summed E-state index contributed by atoms with van der Waals surface area (Å²) in [6.07, 6.45) is 2.63. The number of carbonyl (C=O) groups is 1. The molecule has 5 heteroatoms. The first-order chi connectivity index (χ1) is 11.6. The van der Waals surface area contributed by atoms with Crippen molar-refractivity contribution in [1.82, 2.24) is 4.90 Å². The van der Waals surface area contributed by atoms with Crippen LogP contribution in [0.15, 0.2) is 36.4 Å². The minimum absolute atomic E-state index is 0.0333. The van der Waals surface area contributed by atoms with Crippen LogP contribution in [0.4, 0.5) is 0 Å². The van der Waals surface area contributed by atoms with Crippen molar-refractivity contribution >= 4 is 17.3 Å². The molecule has 0 bridgehead atoms. The molecule has 128 valence electrons. The lowest BCUT2D eigenvalue weighted by Gasteiger charge is -2.31. The van der Waals surface area contributed by atoms with E-state index < -0.39 is 12.0 Å². The quantitative estimate of drug-likeness (QED) is 0.861. The number of carboxylic acid groups (broad SMARTS) is 1. The standard InChI is InChI=1S/C19H23NO3S/c1-3-15-9-10-17(24-15)18(13-6-4-7-14(12-13)23-2)20-11-5-8-16(20)19(21)22/h4,6-7,9-10,12,16,18H,3,5,8,11H2,1-2H3,(H,21,22). The van der Waals surface area contributed by atoms with Crippen molar-refractivity contribution in [3.05, 3.63) is 51.7 Å². The second-order valence-electron chi connectivity index (χ2n) is 6.07. The Morgan fingerprint density at radius 2 is 2.25 bits per heavy atom. The highest BCUT2D eigenvalue weighted by atomic mass is 32.1. The van der Waals surface area contributed by atoms with Gasteiger partial charge in [0.2, 0.25) is 0 Å². The molecule has 0 saturated carbocycles. The number of benzene rings is 1. The number of thiophene rings is 1. The number of aliphatic carboxylic acids is 1. The first-order valence-corrected chi connectivity index (χ1v) is 9.16. The maximum absolute atomic E-state index is 11.7. The van der Waals surface area contributed by atoms with Gasteiger partial charge in [-0.15, -0.1) is 11.3 Å². The molecule has 0 spiro atoms. The summed E-state index contributed by atoms with van der Waals surface area (Å²) in [5, 5.41) is 9.62. The number of carboxylic acids is 1. The highest BCUT2D eigenvalue weighted by Gasteiger charge is 2.37. The van der Waals surface area contributed by atoms with Crippen LogP contribution in [0.3, 0.4) is 0 Å². The molecule has 1 aromatic heterocycles. The summed E-state index contributed by atoms with van der Waals surface area (Å²) in [6.45, 7) is 2.95. The van der Waals surface area contributed by atoms with Gasteiger partial charge >= 0.3 is 5.97 Å². The zero-order chi connectivity index (χ0) is 17.1.